The van der Waals surface area contributed by atoms with E-state index in [0.29, 0.717) is 25.2 Å². The van der Waals surface area contributed by atoms with Gasteiger partial charge in [-0.25, -0.2) is 13.2 Å². The van der Waals surface area contributed by atoms with E-state index in [4.69, 9.17) is 4.74 Å². The average Bonchev–Trinajstić information content (AvgIpc) is 2.87. The summed E-state index contributed by atoms with van der Waals surface area (Å²) in [5.74, 6) is -1.74. The van der Waals surface area contributed by atoms with Crippen LogP contribution in [0.4, 0.5) is 0 Å². The van der Waals surface area contributed by atoms with E-state index in [9.17, 15) is 27.9 Å². The van der Waals surface area contributed by atoms with Crippen LogP contribution in [0.1, 0.15) is 51.9 Å². The minimum atomic E-state index is -4.26. The monoisotopic (exact) mass is 526 g/mol. The normalized spacial score (nSPS) is 16.1. The second-order valence-corrected chi connectivity index (χ2v) is 10.5. The predicted octanol–water partition coefficient (Wildman–Crippen LogP) is 0.965. The standard InChI is InChI=1S/C24H38N4O7S/c1-2-3-17-35-24(23(31)32,28-36(33,34)20-7-5-4-6-8-20)18-27-22(30)13-16-26-21(29)10-9-19-11-14-25-15-12-19/h4-8,19,25,28H,2-3,9-18H2,1H3,(H,26,29)(H,27,30)(H,31,32)/t24-/m0/s1. The summed E-state index contributed by atoms with van der Waals surface area (Å²) in [7, 11) is -4.26. The van der Waals surface area contributed by atoms with E-state index in [0.717, 1.165) is 32.4 Å². The molecule has 11 nitrogen and oxygen atoms in total. The third-order valence-electron chi connectivity index (χ3n) is 5.99. The summed E-state index contributed by atoms with van der Waals surface area (Å²) in [5.41, 5.74) is -2.39. The number of aliphatic carboxylic acids is 1. The van der Waals surface area contributed by atoms with Crippen LogP contribution in [-0.2, 0) is 29.1 Å². The number of carbonyl (C=O) groups is 3. The molecule has 0 aliphatic carbocycles. The van der Waals surface area contributed by atoms with E-state index in [-0.39, 0.29) is 30.4 Å². The van der Waals surface area contributed by atoms with Gasteiger partial charge in [-0.3, -0.25) is 9.59 Å². The molecule has 1 aromatic rings. The highest BCUT2D eigenvalue weighted by Crippen LogP contribution is 2.18. The van der Waals surface area contributed by atoms with Gasteiger partial charge in [0, 0.05) is 26.0 Å². The van der Waals surface area contributed by atoms with E-state index in [2.05, 4.69) is 20.7 Å². The van der Waals surface area contributed by atoms with E-state index in [1.54, 1.807) is 6.07 Å². The van der Waals surface area contributed by atoms with E-state index < -0.39 is 34.2 Å². The molecule has 2 amide bonds. The van der Waals surface area contributed by atoms with Crippen molar-refractivity contribution in [2.45, 2.75) is 62.5 Å². The number of hydrogen-bond donors (Lipinski definition) is 5. The van der Waals surface area contributed by atoms with Crippen molar-refractivity contribution in [3.8, 4) is 0 Å². The molecule has 1 atom stereocenters. The summed E-state index contributed by atoms with van der Waals surface area (Å²) in [6.07, 6.45) is 4.41. The Balaban J connectivity index is 1.91. The Hall–Kier alpha value is -2.54. The van der Waals surface area contributed by atoms with Gasteiger partial charge in [0.15, 0.2) is 0 Å². The Morgan fingerprint density at radius 1 is 1.08 bits per heavy atom. The lowest BCUT2D eigenvalue weighted by molar-refractivity contribution is -0.168. The number of unbranched alkanes of at least 4 members (excludes halogenated alkanes) is 1. The fraction of sp³-hybridized carbons (Fsp3) is 0.625. The molecular formula is C24H38N4O7S. The van der Waals surface area contributed by atoms with Crippen molar-refractivity contribution in [1.29, 1.82) is 0 Å². The zero-order valence-corrected chi connectivity index (χ0v) is 21.6. The minimum Gasteiger partial charge on any atom is -0.478 e. The number of carboxylic acids is 1. The zero-order chi connectivity index (χ0) is 26.4. The van der Waals surface area contributed by atoms with Gasteiger partial charge < -0.3 is 25.8 Å². The molecule has 0 aromatic heterocycles. The number of nitrogens with one attached hydrogen (secondary N) is 4. The molecule has 12 heteroatoms. The summed E-state index contributed by atoms with van der Waals surface area (Å²) in [6, 6.07) is 7.31. The Morgan fingerprint density at radius 2 is 1.75 bits per heavy atom. The SMILES string of the molecule is CCCCO[C@](CNC(=O)CCNC(=O)CCC1CCNCC1)(NS(=O)(=O)c1ccccc1)C(=O)O. The molecule has 2 rings (SSSR count). The Kier molecular flexibility index (Phi) is 12.3. The van der Waals surface area contributed by atoms with Gasteiger partial charge in [0.2, 0.25) is 27.6 Å². The van der Waals surface area contributed by atoms with Gasteiger partial charge in [0.25, 0.3) is 0 Å². The van der Waals surface area contributed by atoms with Gasteiger partial charge in [0.1, 0.15) is 0 Å². The summed E-state index contributed by atoms with van der Waals surface area (Å²) < 4.78 is 33.3. The highest BCUT2D eigenvalue weighted by atomic mass is 32.2. The number of carboxylic acid groups (broad SMARTS) is 1. The number of carbonyl (C=O) groups excluding carboxylic acids is 2. The molecule has 0 saturated carbocycles. The number of piperidine rings is 1. The number of ether oxygens (including phenoxy) is 1. The molecule has 0 spiro atoms. The third kappa shape index (κ3) is 9.84. The van der Waals surface area contributed by atoms with Crippen LogP contribution in [0, 0.1) is 5.92 Å². The van der Waals surface area contributed by atoms with Gasteiger partial charge in [-0.15, -0.1) is 0 Å². The van der Waals surface area contributed by atoms with Crippen molar-refractivity contribution >= 4 is 27.8 Å². The molecule has 0 bridgehead atoms. The van der Waals surface area contributed by atoms with Crippen LogP contribution in [0.25, 0.3) is 0 Å². The number of sulfonamides is 1. The summed E-state index contributed by atoms with van der Waals surface area (Å²) in [5, 5.41) is 18.3. The first-order valence-corrected chi connectivity index (χ1v) is 13.9. The highest BCUT2D eigenvalue weighted by molar-refractivity contribution is 7.89. The lowest BCUT2D eigenvalue weighted by Gasteiger charge is -2.30. The first-order valence-electron chi connectivity index (χ1n) is 12.4. The van der Waals surface area contributed by atoms with Crippen molar-refractivity contribution < 1.29 is 32.6 Å². The first-order chi connectivity index (χ1) is 17.2. The second-order valence-electron chi connectivity index (χ2n) is 8.86. The smallest absolute Gasteiger partial charge is 0.354 e. The Labute approximate surface area is 212 Å². The molecule has 1 aliphatic rings. The molecule has 1 aromatic carbocycles. The van der Waals surface area contributed by atoms with Gasteiger partial charge in [-0.2, -0.15) is 4.72 Å². The van der Waals surface area contributed by atoms with Crippen LogP contribution in [0.15, 0.2) is 35.2 Å². The molecule has 0 unspecified atom stereocenters. The summed E-state index contributed by atoms with van der Waals surface area (Å²) in [6.45, 7) is 3.25. The van der Waals surface area contributed by atoms with Crippen molar-refractivity contribution in [3.05, 3.63) is 30.3 Å². The van der Waals surface area contributed by atoms with Crippen LogP contribution >= 0.6 is 0 Å². The fourth-order valence-electron chi connectivity index (χ4n) is 3.78. The lowest BCUT2D eigenvalue weighted by atomic mass is 9.93. The maximum absolute atomic E-state index is 12.8. The fourth-order valence-corrected chi connectivity index (χ4v) is 5.07. The third-order valence-corrected chi connectivity index (χ3v) is 7.48. The number of hydrogen-bond acceptors (Lipinski definition) is 7. The lowest BCUT2D eigenvalue weighted by Crippen LogP contribution is -2.62. The molecule has 1 saturated heterocycles. The van der Waals surface area contributed by atoms with Crippen LogP contribution in [0.3, 0.4) is 0 Å². The molecular weight excluding hydrogens is 488 g/mol. The average molecular weight is 527 g/mol. The van der Waals surface area contributed by atoms with Crippen LogP contribution < -0.4 is 20.7 Å². The van der Waals surface area contributed by atoms with Crippen molar-refractivity contribution in [2.24, 2.45) is 5.92 Å². The molecule has 1 aliphatic heterocycles. The maximum Gasteiger partial charge on any atom is 0.354 e. The molecule has 1 heterocycles. The Bertz CT molecular complexity index is 952. The molecule has 202 valence electrons. The first kappa shape index (κ1) is 29.7. The molecule has 5 N–H and O–H groups in total. The van der Waals surface area contributed by atoms with E-state index in [1.165, 1.54) is 24.3 Å². The van der Waals surface area contributed by atoms with Crippen molar-refractivity contribution in [3.63, 3.8) is 0 Å². The quantitative estimate of drug-likeness (QED) is 0.157. The van der Waals surface area contributed by atoms with Gasteiger partial charge in [-0.05, 0) is 56.8 Å². The number of rotatable bonds is 16. The van der Waals surface area contributed by atoms with Crippen LogP contribution in [0.5, 0.6) is 0 Å². The van der Waals surface area contributed by atoms with Crippen LogP contribution in [-0.4, -0.2) is 69.8 Å². The molecule has 1 fully saturated rings. The summed E-state index contributed by atoms with van der Waals surface area (Å²) in [4.78, 5) is 36.5. The second kappa shape index (κ2) is 14.9. The molecule has 36 heavy (non-hydrogen) atoms. The zero-order valence-electron chi connectivity index (χ0n) is 20.8. The van der Waals surface area contributed by atoms with E-state index in [1.807, 2.05) is 6.92 Å². The topological polar surface area (TPSA) is 163 Å². The predicted molar refractivity (Wildman–Crippen MR) is 133 cm³/mol. The largest absolute Gasteiger partial charge is 0.478 e. The number of amides is 2. The van der Waals surface area contributed by atoms with Gasteiger partial charge >= 0.3 is 5.97 Å². The van der Waals surface area contributed by atoms with Gasteiger partial charge in [-0.1, -0.05) is 31.5 Å². The minimum absolute atomic E-state index is 0.0247. The van der Waals surface area contributed by atoms with Gasteiger partial charge in [0.05, 0.1) is 11.4 Å². The summed E-state index contributed by atoms with van der Waals surface area (Å²) >= 11 is 0. The molecule has 0 radical (unpaired) electrons. The van der Waals surface area contributed by atoms with E-state index >= 15 is 0 Å². The maximum atomic E-state index is 12.8. The van der Waals surface area contributed by atoms with Crippen LogP contribution in [0.2, 0.25) is 0 Å². The highest BCUT2D eigenvalue weighted by Gasteiger charge is 2.44. The van der Waals surface area contributed by atoms with Crippen molar-refractivity contribution in [1.82, 2.24) is 20.7 Å². The Morgan fingerprint density at radius 3 is 2.39 bits per heavy atom. The number of benzene rings is 1. The van der Waals surface area contributed by atoms with Crippen molar-refractivity contribution in [2.75, 3.05) is 32.8 Å².